The molecule has 0 saturated heterocycles. The normalized spacial score (nSPS) is 22.1. The van der Waals surface area contributed by atoms with Crippen molar-refractivity contribution in [1.82, 2.24) is 5.32 Å². The van der Waals surface area contributed by atoms with Crippen LogP contribution in [0.4, 0.5) is 5.69 Å². The molecule has 2 rings (SSSR count). The molecule has 1 aromatic rings. The fourth-order valence-electron chi connectivity index (χ4n) is 2.88. The van der Waals surface area contributed by atoms with Gasteiger partial charge in [-0.2, -0.15) is 0 Å². The van der Waals surface area contributed by atoms with E-state index in [1.807, 2.05) is 26.0 Å². The molecule has 96 valence electrons. The van der Waals surface area contributed by atoms with Crippen LogP contribution >= 0.6 is 0 Å². The van der Waals surface area contributed by atoms with Gasteiger partial charge in [0.1, 0.15) is 5.54 Å². The summed E-state index contributed by atoms with van der Waals surface area (Å²) in [4.78, 5) is 25.4. The molecule has 4 heteroatoms. The highest BCUT2D eigenvalue weighted by Gasteiger charge is 2.47. The summed E-state index contributed by atoms with van der Waals surface area (Å²) < 4.78 is 0. The Balaban J connectivity index is 2.68. The smallest absolute Gasteiger partial charge is 0.256 e. The average molecular weight is 246 g/mol. The number of fused-ring (bicyclic) bond motifs is 1. The van der Waals surface area contributed by atoms with Gasteiger partial charge in [-0.05, 0) is 38.0 Å². The van der Waals surface area contributed by atoms with Crippen LogP contribution in [-0.2, 0) is 15.1 Å². The van der Waals surface area contributed by atoms with Crippen LogP contribution in [0.15, 0.2) is 12.1 Å². The second-order valence-electron chi connectivity index (χ2n) is 5.15. The van der Waals surface area contributed by atoms with Gasteiger partial charge in [0.15, 0.2) is 0 Å². The predicted molar refractivity (Wildman–Crippen MR) is 70.5 cm³/mol. The van der Waals surface area contributed by atoms with Crippen molar-refractivity contribution in [3.05, 3.63) is 28.8 Å². The molecular weight excluding hydrogens is 228 g/mol. The number of aryl methyl sites for hydroxylation is 2. The van der Waals surface area contributed by atoms with Crippen molar-refractivity contribution in [1.29, 1.82) is 0 Å². The zero-order valence-electron chi connectivity index (χ0n) is 11.4. The van der Waals surface area contributed by atoms with Gasteiger partial charge < -0.3 is 10.2 Å². The van der Waals surface area contributed by atoms with E-state index in [4.69, 9.17) is 0 Å². The minimum atomic E-state index is -0.951. The van der Waals surface area contributed by atoms with E-state index in [1.165, 1.54) is 6.92 Å². The number of carbonyl (C=O) groups excluding carboxylic acids is 2. The summed E-state index contributed by atoms with van der Waals surface area (Å²) in [6.45, 7) is 7.17. The molecule has 1 aliphatic rings. The van der Waals surface area contributed by atoms with Crippen molar-refractivity contribution in [3.8, 4) is 0 Å². The molecule has 1 aliphatic heterocycles. The molecule has 1 atom stereocenters. The fourth-order valence-corrected chi connectivity index (χ4v) is 2.88. The topological polar surface area (TPSA) is 49.4 Å². The lowest BCUT2D eigenvalue weighted by atomic mass is 9.89. The maximum Gasteiger partial charge on any atom is 0.256 e. The zero-order valence-corrected chi connectivity index (χ0v) is 11.4. The Bertz CT molecular complexity index is 551. The lowest BCUT2D eigenvalue weighted by Gasteiger charge is -2.25. The van der Waals surface area contributed by atoms with Gasteiger partial charge in [0.05, 0.1) is 0 Å². The molecule has 1 N–H and O–H groups in total. The standard InChI is InChI=1S/C14H18N2O2/c1-8-6-9(2)12-11(7-8)16(5)13(18)14(12,4)15-10(3)17/h6-7H,1-5H3,(H,15,17). The van der Waals surface area contributed by atoms with E-state index in [0.717, 1.165) is 22.4 Å². The van der Waals surface area contributed by atoms with E-state index in [9.17, 15) is 9.59 Å². The average Bonchev–Trinajstić information content (AvgIpc) is 2.40. The number of benzene rings is 1. The van der Waals surface area contributed by atoms with Crippen LogP contribution in [0.3, 0.4) is 0 Å². The van der Waals surface area contributed by atoms with Crippen LogP contribution < -0.4 is 10.2 Å². The molecule has 0 saturated carbocycles. The Labute approximate surface area is 107 Å². The molecule has 1 unspecified atom stereocenters. The number of carbonyl (C=O) groups is 2. The van der Waals surface area contributed by atoms with Gasteiger partial charge in [0.2, 0.25) is 5.91 Å². The van der Waals surface area contributed by atoms with Crippen LogP contribution in [0.2, 0.25) is 0 Å². The van der Waals surface area contributed by atoms with Crippen LogP contribution in [0.1, 0.15) is 30.5 Å². The lowest BCUT2D eigenvalue weighted by Crippen LogP contribution is -2.49. The molecule has 4 nitrogen and oxygen atoms in total. The summed E-state index contributed by atoms with van der Waals surface area (Å²) in [5.41, 5.74) is 2.97. The van der Waals surface area contributed by atoms with Crippen LogP contribution in [0.25, 0.3) is 0 Å². The second kappa shape index (κ2) is 3.83. The quantitative estimate of drug-likeness (QED) is 0.818. The third-order valence-corrected chi connectivity index (χ3v) is 3.48. The monoisotopic (exact) mass is 246 g/mol. The van der Waals surface area contributed by atoms with Crippen molar-refractivity contribution < 1.29 is 9.59 Å². The zero-order chi connectivity index (χ0) is 13.7. The summed E-state index contributed by atoms with van der Waals surface area (Å²) in [5.74, 6) is -0.298. The minimum Gasteiger partial charge on any atom is -0.338 e. The molecule has 0 aromatic heterocycles. The Morgan fingerprint density at radius 3 is 2.50 bits per heavy atom. The fraction of sp³-hybridized carbons (Fsp3) is 0.429. The number of anilines is 1. The number of rotatable bonds is 1. The van der Waals surface area contributed by atoms with Gasteiger partial charge in [-0.25, -0.2) is 0 Å². The number of hydrogen-bond acceptors (Lipinski definition) is 2. The Kier molecular flexibility index (Phi) is 2.69. The lowest BCUT2D eigenvalue weighted by molar-refractivity contribution is -0.129. The van der Waals surface area contributed by atoms with Crippen molar-refractivity contribution in [3.63, 3.8) is 0 Å². The highest BCUT2D eigenvalue weighted by atomic mass is 16.2. The molecule has 0 spiro atoms. The van der Waals surface area contributed by atoms with Crippen molar-refractivity contribution >= 4 is 17.5 Å². The Morgan fingerprint density at radius 2 is 1.94 bits per heavy atom. The largest absolute Gasteiger partial charge is 0.338 e. The van der Waals surface area contributed by atoms with Crippen LogP contribution in [0.5, 0.6) is 0 Å². The Morgan fingerprint density at radius 1 is 1.33 bits per heavy atom. The predicted octanol–water partition coefficient (Wildman–Crippen LogP) is 1.63. The maximum absolute atomic E-state index is 12.4. The molecule has 1 heterocycles. The van der Waals surface area contributed by atoms with Crippen LogP contribution in [0, 0.1) is 13.8 Å². The van der Waals surface area contributed by atoms with E-state index in [2.05, 4.69) is 5.32 Å². The van der Waals surface area contributed by atoms with E-state index in [0.29, 0.717) is 0 Å². The van der Waals surface area contributed by atoms with Gasteiger partial charge in [-0.1, -0.05) is 6.07 Å². The van der Waals surface area contributed by atoms with Crippen molar-refractivity contribution in [2.24, 2.45) is 0 Å². The first-order valence-electron chi connectivity index (χ1n) is 5.96. The van der Waals surface area contributed by atoms with Gasteiger partial charge >= 0.3 is 0 Å². The van der Waals surface area contributed by atoms with E-state index < -0.39 is 5.54 Å². The van der Waals surface area contributed by atoms with Gasteiger partial charge in [-0.3, -0.25) is 9.59 Å². The number of amides is 2. The molecule has 0 radical (unpaired) electrons. The first-order valence-corrected chi connectivity index (χ1v) is 5.96. The molecule has 0 aliphatic carbocycles. The number of likely N-dealkylation sites (N-methyl/N-ethyl adjacent to an activating group) is 1. The maximum atomic E-state index is 12.4. The van der Waals surface area contributed by atoms with E-state index in [-0.39, 0.29) is 11.8 Å². The molecule has 18 heavy (non-hydrogen) atoms. The SMILES string of the molecule is CC(=O)NC1(C)C(=O)N(C)c2cc(C)cc(C)c21. The highest BCUT2D eigenvalue weighted by Crippen LogP contribution is 2.41. The van der Waals surface area contributed by atoms with E-state index in [1.54, 1.807) is 18.9 Å². The summed E-state index contributed by atoms with van der Waals surface area (Å²) in [6, 6.07) is 4.01. The Hall–Kier alpha value is -1.84. The summed E-state index contributed by atoms with van der Waals surface area (Å²) in [5, 5.41) is 2.78. The molecule has 2 amide bonds. The second-order valence-corrected chi connectivity index (χ2v) is 5.15. The molecular formula is C14H18N2O2. The van der Waals surface area contributed by atoms with Gasteiger partial charge in [0.25, 0.3) is 5.91 Å². The highest BCUT2D eigenvalue weighted by molar-refractivity contribution is 6.09. The van der Waals surface area contributed by atoms with Crippen molar-refractivity contribution in [2.45, 2.75) is 33.2 Å². The third-order valence-electron chi connectivity index (χ3n) is 3.48. The summed E-state index contributed by atoms with van der Waals surface area (Å²) >= 11 is 0. The van der Waals surface area contributed by atoms with Crippen LogP contribution in [-0.4, -0.2) is 18.9 Å². The van der Waals surface area contributed by atoms with Gasteiger partial charge in [-0.15, -0.1) is 0 Å². The first-order chi connectivity index (χ1) is 8.27. The molecule has 0 bridgehead atoms. The van der Waals surface area contributed by atoms with Crippen molar-refractivity contribution in [2.75, 3.05) is 11.9 Å². The number of nitrogens with one attached hydrogen (secondary N) is 1. The summed E-state index contributed by atoms with van der Waals surface area (Å²) in [6.07, 6.45) is 0. The van der Waals surface area contributed by atoms with E-state index >= 15 is 0 Å². The third kappa shape index (κ3) is 1.60. The molecule has 0 fully saturated rings. The molecule has 1 aromatic carbocycles. The minimum absolute atomic E-state index is 0.0959. The van der Waals surface area contributed by atoms with Gasteiger partial charge in [0, 0.05) is 25.2 Å². The summed E-state index contributed by atoms with van der Waals surface area (Å²) in [7, 11) is 1.74. The number of hydrogen-bond donors (Lipinski definition) is 1. The first kappa shape index (κ1) is 12.6. The number of nitrogens with zero attached hydrogens (tertiary/aromatic N) is 1.